The summed E-state index contributed by atoms with van der Waals surface area (Å²) in [4.78, 5) is 0. The van der Waals surface area contributed by atoms with Crippen molar-refractivity contribution >= 4 is 12.2 Å². The van der Waals surface area contributed by atoms with Crippen LogP contribution in [0, 0.1) is 23.2 Å². The van der Waals surface area contributed by atoms with E-state index in [-0.39, 0.29) is 5.56 Å². The van der Waals surface area contributed by atoms with E-state index in [1.54, 1.807) is 18.7 Å². The summed E-state index contributed by atoms with van der Waals surface area (Å²) in [5, 5.41) is 2.91. The quantitative estimate of drug-likeness (QED) is 0.758. The Morgan fingerprint density at radius 3 is 2.19 bits per heavy atom. The highest BCUT2D eigenvalue weighted by atomic mass is 32.1. The molecule has 5 heteroatoms. The first-order valence-corrected chi connectivity index (χ1v) is 5.13. The molecule has 0 spiro atoms. The van der Waals surface area contributed by atoms with Crippen molar-refractivity contribution in [2.45, 2.75) is 6.92 Å². The van der Waals surface area contributed by atoms with Crippen LogP contribution in [0.4, 0.5) is 8.78 Å². The van der Waals surface area contributed by atoms with Gasteiger partial charge >= 0.3 is 0 Å². The van der Waals surface area contributed by atoms with Crippen LogP contribution in [0.5, 0.6) is 0 Å². The average molecular weight is 240 g/mol. The molecule has 0 unspecified atom stereocenters. The number of halogens is 2. The summed E-state index contributed by atoms with van der Waals surface area (Å²) in [5.41, 5.74) is 0.992. The molecule has 0 radical (unpaired) electrons. The van der Waals surface area contributed by atoms with Crippen LogP contribution in [0.2, 0.25) is 0 Å². The average Bonchev–Trinajstić information content (AvgIpc) is 2.44. The van der Waals surface area contributed by atoms with Crippen molar-refractivity contribution in [2.24, 2.45) is 7.05 Å². The van der Waals surface area contributed by atoms with Gasteiger partial charge in [-0.25, -0.2) is 8.78 Å². The molecule has 0 saturated carbocycles. The van der Waals surface area contributed by atoms with Crippen LogP contribution in [-0.4, -0.2) is 9.78 Å². The van der Waals surface area contributed by atoms with Crippen molar-refractivity contribution in [1.82, 2.24) is 9.78 Å². The lowest BCUT2D eigenvalue weighted by atomic mass is 10.1. The fourth-order valence-electron chi connectivity index (χ4n) is 1.72. The number of aromatic nitrogens is 2. The van der Waals surface area contributed by atoms with Gasteiger partial charge < -0.3 is 5.10 Å². The molecule has 0 amide bonds. The van der Waals surface area contributed by atoms with Crippen molar-refractivity contribution in [1.29, 1.82) is 0 Å². The van der Waals surface area contributed by atoms with Gasteiger partial charge in [0.25, 0.3) is 0 Å². The minimum atomic E-state index is -0.603. The lowest BCUT2D eigenvalue weighted by molar-refractivity contribution is 0.589. The van der Waals surface area contributed by atoms with Crippen LogP contribution < -0.4 is 0 Å². The summed E-state index contributed by atoms with van der Waals surface area (Å²) in [6.45, 7) is 1.73. The molecule has 1 heterocycles. The fourth-order valence-corrected chi connectivity index (χ4v) is 2.02. The van der Waals surface area contributed by atoms with E-state index in [0.717, 1.165) is 0 Å². The van der Waals surface area contributed by atoms with Crippen LogP contribution in [0.25, 0.3) is 11.1 Å². The number of hydrogen-bond donors (Lipinski definition) is 1. The minimum absolute atomic E-state index is 0.0677. The summed E-state index contributed by atoms with van der Waals surface area (Å²) >= 11 is 5.11. The number of aryl methyl sites for hydroxylation is 2. The SMILES string of the molecule is Cc1[nH]n(C)c(=S)c1-c1c(F)cccc1F. The molecule has 0 saturated heterocycles. The number of nitrogens with one attached hydrogen (secondary N) is 1. The van der Waals surface area contributed by atoms with Gasteiger partial charge in [-0.1, -0.05) is 18.3 Å². The highest BCUT2D eigenvalue weighted by Crippen LogP contribution is 2.29. The second kappa shape index (κ2) is 3.83. The Bertz CT molecular complexity index is 578. The highest BCUT2D eigenvalue weighted by molar-refractivity contribution is 7.71. The lowest BCUT2D eigenvalue weighted by Crippen LogP contribution is -1.91. The maximum absolute atomic E-state index is 13.6. The third-order valence-corrected chi connectivity index (χ3v) is 2.92. The molecule has 0 aliphatic heterocycles. The molecule has 2 rings (SSSR count). The summed E-state index contributed by atoms with van der Waals surface area (Å²) in [6, 6.07) is 3.78. The maximum Gasteiger partial charge on any atom is 0.134 e. The molecule has 0 atom stereocenters. The van der Waals surface area contributed by atoms with Gasteiger partial charge in [-0.3, -0.25) is 4.68 Å². The first-order chi connectivity index (χ1) is 7.52. The number of H-pyrrole nitrogens is 1. The second-order valence-corrected chi connectivity index (χ2v) is 3.96. The highest BCUT2D eigenvalue weighted by Gasteiger charge is 2.16. The molecule has 2 nitrogen and oxygen atoms in total. The first kappa shape index (κ1) is 11.0. The fraction of sp³-hybridized carbons (Fsp3) is 0.182. The Morgan fingerprint density at radius 2 is 1.75 bits per heavy atom. The molecule has 0 fully saturated rings. The Kier molecular flexibility index (Phi) is 2.63. The van der Waals surface area contributed by atoms with Crippen LogP contribution in [0.15, 0.2) is 18.2 Å². The van der Waals surface area contributed by atoms with Crippen molar-refractivity contribution < 1.29 is 8.78 Å². The van der Waals surface area contributed by atoms with Gasteiger partial charge in [-0.2, -0.15) is 0 Å². The topological polar surface area (TPSA) is 20.7 Å². The van der Waals surface area contributed by atoms with Crippen LogP contribution in [0.1, 0.15) is 5.69 Å². The van der Waals surface area contributed by atoms with E-state index in [9.17, 15) is 8.78 Å². The van der Waals surface area contributed by atoms with Gasteiger partial charge in [0, 0.05) is 18.3 Å². The predicted octanol–water partition coefficient (Wildman–Crippen LogP) is 3.34. The lowest BCUT2D eigenvalue weighted by Gasteiger charge is -2.02. The van der Waals surface area contributed by atoms with Gasteiger partial charge in [0.15, 0.2) is 0 Å². The van der Waals surface area contributed by atoms with Crippen molar-refractivity contribution in [3.05, 3.63) is 40.2 Å². The molecule has 1 aromatic carbocycles. The molecule has 0 aliphatic carbocycles. The Hall–Kier alpha value is -1.49. The van der Waals surface area contributed by atoms with Crippen molar-refractivity contribution in [3.8, 4) is 11.1 Å². The van der Waals surface area contributed by atoms with E-state index in [2.05, 4.69) is 5.10 Å². The summed E-state index contributed by atoms with van der Waals surface area (Å²) in [5.74, 6) is -1.21. The van der Waals surface area contributed by atoms with E-state index in [1.807, 2.05) is 0 Å². The molecule has 2 aromatic rings. The maximum atomic E-state index is 13.6. The number of hydrogen-bond acceptors (Lipinski definition) is 1. The molecule has 16 heavy (non-hydrogen) atoms. The molecule has 1 N–H and O–H groups in total. The molecule has 0 aliphatic rings. The minimum Gasteiger partial charge on any atom is -0.302 e. The van der Waals surface area contributed by atoms with E-state index in [4.69, 9.17) is 12.2 Å². The molecular weight excluding hydrogens is 230 g/mol. The van der Waals surface area contributed by atoms with Gasteiger partial charge in [-0.15, -0.1) is 0 Å². The van der Waals surface area contributed by atoms with Gasteiger partial charge in [-0.05, 0) is 19.1 Å². The second-order valence-electron chi connectivity index (χ2n) is 3.57. The number of benzene rings is 1. The predicted molar refractivity (Wildman–Crippen MR) is 60.7 cm³/mol. The standard InChI is InChI=1S/C11H10F2N2S/c1-6-9(11(16)15(2)14-6)10-7(12)4-3-5-8(10)13/h3-5,14H,1-2H3. The van der Waals surface area contributed by atoms with Crippen LogP contribution >= 0.6 is 12.2 Å². The van der Waals surface area contributed by atoms with E-state index >= 15 is 0 Å². The van der Waals surface area contributed by atoms with E-state index in [1.165, 1.54) is 18.2 Å². The van der Waals surface area contributed by atoms with E-state index < -0.39 is 11.6 Å². The number of rotatable bonds is 1. The van der Waals surface area contributed by atoms with E-state index in [0.29, 0.717) is 15.9 Å². The smallest absolute Gasteiger partial charge is 0.134 e. The van der Waals surface area contributed by atoms with Gasteiger partial charge in [0.2, 0.25) is 0 Å². The summed E-state index contributed by atoms with van der Waals surface area (Å²) in [6.07, 6.45) is 0. The summed E-state index contributed by atoms with van der Waals surface area (Å²) < 4.78 is 29.1. The van der Waals surface area contributed by atoms with Crippen molar-refractivity contribution in [2.75, 3.05) is 0 Å². The molecule has 84 valence electrons. The van der Waals surface area contributed by atoms with Crippen molar-refractivity contribution in [3.63, 3.8) is 0 Å². The largest absolute Gasteiger partial charge is 0.302 e. The molecular formula is C11H10F2N2S. The number of nitrogens with zero attached hydrogens (tertiary/aromatic N) is 1. The normalized spacial score (nSPS) is 10.8. The van der Waals surface area contributed by atoms with Gasteiger partial charge in [0.1, 0.15) is 16.3 Å². The number of aromatic amines is 1. The first-order valence-electron chi connectivity index (χ1n) is 4.72. The summed E-state index contributed by atoms with van der Waals surface area (Å²) in [7, 11) is 1.71. The third kappa shape index (κ3) is 1.57. The van der Waals surface area contributed by atoms with Gasteiger partial charge in [0.05, 0.1) is 5.56 Å². The third-order valence-electron chi connectivity index (χ3n) is 2.44. The van der Waals surface area contributed by atoms with Crippen LogP contribution in [0.3, 0.4) is 0 Å². The zero-order chi connectivity index (χ0) is 11.9. The Balaban J connectivity index is 2.82. The Labute approximate surface area is 96.5 Å². The molecule has 1 aromatic heterocycles. The zero-order valence-corrected chi connectivity index (χ0v) is 9.66. The van der Waals surface area contributed by atoms with Crippen LogP contribution in [-0.2, 0) is 7.05 Å². The molecule has 0 bridgehead atoms. The Morgan fingerprint density at radius 1 is 1.19 bits per heavy atom. The monoisotopic (exact) mass is 240 g/mol. The zero-order valence-electron chi connectivity index (χ0n) is 8.84.